The molecule has 1 rings (SSSR count). The molecule has 0 fully saturated rings. The molecule has 5 heteroatoms. The number of alkyl halides is 1. The van der Waals surface area contributed by atoms with Crippen LogP contribution in [-0.4, -0.2) is 16.8 Å². The van der Waals surface area contributed by atoms with Crippen LogP contribution in [0.25, 0.3) is 0 Å². The molecular weight excluding hydrogens is 190 g/mol. The average Bonchev–Trinajstić information content (AvgIpc) is 2.18. The maximum absolute atomic E-state index is 10.8. The molecule has 13 heavy (non-hydrogen) atoms. The molecule has 1 amide bonds. The number of rotatable bonds is 2. The number of hydrogen-bond donors (Lipinski definition) is 1. The Morgan fingerprint density at radius 1 is 1.69 bits per heavy atom. The molecule has 0 saturated carbocycles. The largest absolute Gasteiger partial charge is 0.310 e. The smallest absolute Gasteiger partial charge is 0.240 e. The van der Waals surface area contributed by atoms with E-state index in [9.17, 15) is 4.79 Å². The zero-order valence-electron chi connectivity index (χ0n) is 6.62. The molecule has 0 unspecified atom stereocenters. The van der Waals surface area contributed by atoms with Crippen LogP contribution in [0.2, 0.25) is 0 Å². The standard InChI is InChI=1S/C8H6ClN3O/c9-4-8(13)12-7-3-1-2-6(5-10)11-7/h1-3H,4H2,(H,11,12,13). The Morgan fingerprint density at radius 3 is 3.08 bits per heavy atom. The number of carbonyl (C=O) groups excluding carboxylic acids is 1. The summed E-state index contributed by atoms with van der Waals surface area (Å²) in [6.07, 6.45) is 0. The predicted octanol–water partition coefficient (Wildman–Crippen LogP) is 1.13. The minimum Gasteiger partial charge on any atom is -0.310 e. The molecule has 0 aromatic carbocycles. The molecule has 0 radical (unpaired) electrons. The van der Waals surface area contributed by atoms with Crippen molar-refractivity contribution in [1.82, 2.24) is 4.98 Å². The summed E-state index contributed by atoms with van der Waals surface area (Å²) in [6.45, 7) is 0. The first kappa shape index (κ1) is 9.49. The lowest BCUT2D eigenvalue weighted by Crippen LogP contribution is -2.13. The zero-order valence-corrected chi connectivity index (χ0v) is 7.38. The van der Waals surface area contributed by atoms with E-state index in [0.29, 0.717) is 5.82 Å². The third-order valence-electron chi connectivity index (χ3n) is 1.25. The quantitative estimate of drug-likeness (QED) is 0.720. The molecule has 0 aliphatic heterocycles. The van der Waals surface area contributed by atoms with Gasteiger partial charge in [0, 0.05) is 0 Å². The number of pyridine rings is 1. The number of nitriles is 1. The second-order valence-corrected chi connectivity index (χ2v) is 2.47. The van der Waals surface area contributed by atoms with Crippen molar-refractivity contribution in [3.05, 3.63) is 23.9 Å². The Labute approximate surface area is 80.2 Å². The van der Waals surface area contributed by atoms with Crippen LogP contribution in [0.15, 0.2) is 18.2 Å². The molecule has 1 heterocycles. The summed E-state index contributed by atoms with van der Waals surface area (Å²) < 4.78 is 0. The van der Waals surface area contributed by atoms with E-state index in [1.807, 2.05) is 6.07 Å². The summed E-state index contributed by atoms with van der Waals surface area (Å²) in [5.41, 5.74) is 0.257. The summed E-state index contributed by atoms with van der Waals surface area (Å²) in [5, 5.41) is 10.9. The number of halogens is 1. The highest BCUT2D eigenvalue weighted by Gasteiger charge is 2.01. The highest BCUT2D eigenvalue weighted by atomic mass is 35.5. The second kappa shape index (κ2) is 4.43. The van der Waals surface area contributed by atoms with Gasteiger partial charge in [0.1, 0.15) is 23.5 Å². The third kappa shape index (κ3) is 2.73. The highest BCUT2D eigenvalue weighted by molar-refractivity contribution is 6.28. The fourth-order valence-corrected chi connectivity index (χ4v) is 0.810. The molecule has 0 bridgehead atoms. The van der Waals surface area contributed by atoms with Crippen molar-refractivity contribution >= 4 is 23.3 Å². The van der Waals surface area contributed by atoms with Gasteiger partial charge in [0.25, 0.3) is 0 Å². The molecule has 4 nitrogen and oxygen atoms in total. The van der Waals surface area contributed by atoms with Crippen LogP contribution in [0.4, 0.5) is 5.82 Å². The number of amides is 1. The molecule has 1 aromatic heterocycles. The van der Waals surface area contributed by atoms with Gasteiger partial charge in [-0.15, -0.1) is 11.6 Å². The summed E-state index contributed by atoms with van der Waals surface area (Å²) in [7, 11) is 0. The van der Waals surface area contributed by atoms with Crippen molar-refractivity contribution in [2.24, 2.45) is 0 Å². The lowest BCUT2D eigenvalue weighted by atomic mass is 10.3. The first-order valence-electron chi connectivity index (χ1n) is 3.49. The average molecular weight is 196 g/mol. The first-order valence-corrected chi connectivity index (χ1v) is 4.02. The van der Waals surface area contributed by atoms with Crippen LogP contribution in [0.5, 0.6) is 0 Å². The first-order chi connectivity index (χ1) is 6.26. The molecule has 0 saturated heterocycles. The zero-order chi connectivity index (χ0) is 9.68. The van der Waals surface area contributed by atoms with E-state index in [4.69, 9.17) is 16.9 Å². The molecule has 0 atom stereocenters. The van der Waals surface area contributed by atoms with Gasteiger partial charge < -0.3 is 5.32 Å². The summed E-state index contributed by atoms with van der Waals surface area (Å²) in [6, 6.07) is 6.64. The topological polar surface area (TPSA) is 65.8 Å². The van der Waals surface area contributed by atoms with Gasteiger partial charge in [0.15, 0.2) is 0 Å². The molecule has 66 valence electrons. The minimum absolute atomic E-state index is 0.127. The molecule has 1 aromatic rings. The number of hydrogen-bond acceptors (Lipinski definition) is 3. The van der Waals surface area contributed by atoms with Gasteiger partial charge in [-0.3, -0.25) is 4.79 Å². The summed E-state index contributed by atoms with van der Waals surface area (Å²) in [5.74, 6) is -0.132. The van der Waals surface area contributed by atoms with Gasteiger partial charge >= 0.3 is 0 Å². The van der Waals surface area contributed by atoms with E-state index in [2.05, 4.69) is 10.3 Å². The number of nitrogens with zero attached hydrogens (tertiary/aromatic N) is 2. The van der Waals surface area contributed by atoms with Crippen LogP contribution in [0.3, 0.4) is 0 Å². The van der Waals surface area contributed by atoms with Crippen molar-refractivity contribution in [3.63, 3.8) is 0 Å². The van der Waals surface area contributed by atoms with Crippen molar-refractivity contribution in [3.8, 4) is 6.07 Å². The number of anilines is 1. The lowest BCUT2D eigenvalue weighted by Gasteiger charge is -2.00. The Hall–Kier alpha value is -1.60. The van der Waals surface area contributed by atoms with E-state index in [1.54, 1.807) is 18.2 Å². The number of nitrogens with one attached hydrogen (secondary N) is 1. The molecular formula is C8H6ClN3O. The number of aromatic nitrogens is 1. The van der Waals surface area contributed by atoms with Crippen molar-refractivity contribution in [2.45, 2.75) is 0 Å². The van der Waals surface area contributed by atoms with Crippen LogP contribution < -0.4 is 5.32 Å². The molecule has 1 N–H and O–H groups in total. The Balaban J connectivity index is 2.79. The normalized spacial score (nSPS) is 8.92. The van der Waals surface area contributed by atoms with Gasteiger partial charge in [0.05, 0.1) is 0 Å². The fraction of sp³-hybridized carbons (Fsp3) is 0.125. The highest BCUT2D eigenvalue weighted by Crippen LogP contribution is 2.03. The van der Waals surface area contributed by atoms with E-state index in [0.717, 1.165) is 0 Å². The lowest BCUT2D eigenvalue weighted by molar-refractivity contribution is -0.113. The van der Waals surface area contributed by atoms with Crippen LogP contribution in [0, 0.1) is 11.3 Å². The third-order valence-corrected chi connectivity index (χ3v) is 1.50. The summed E-state index contributed by atoms with van der Waals surface area (Å²) in [4.78, 5) is 14.6. The van der Waals surface area contributed by atoms with Gasteiger partial charge in [-0.2, -0.15) is 5.26 Å². The minimum atomic E-state index is -0.343. The molecule has 0 aliphatic rings. The Kier molecular flexibility index (Phi) is 3.23. The van der Waals surface area contributed by atoms with Crippen molar-refractivity contribution < 1.29 is 4.79 Å². The molecule has 0 aliphatic carbocycles. The van der Waals surface area contributed by atoms with Gasteiger partial charge in [0.2, 0.25) is 5.91 Å². The summed E-state index contributed by atoms with van der Waals surface area (Å²) >= 11 is 5.27. The molecule has 0 spiro atoms. The maximum Gasteiger partial charge on any atom is 0.240 e. The monoisotopic (exact) mass is 195 g/mol. The van der Waals surface area contributed by atoms with Crippen LogP contribution >= 0.6 is 11.6 Å². The van der Waals surface area contributed by atoms with Crippen molar-refractivity contribution in [2.75, 3.05) is 11.2 Å². The van der Waals surface area contributed by atoms with E-state index in [-0.39, 0.29) is 17.5 Å². The van der Waals surface area contributed by atoms with E-state index < -0.39 is 0 Å². The van der Waals surface area contributed by atoms with Crippen LogP contribution in [0.1, 0.15) is 5.69 Å². The van der Waals surface area contributed by atoms with E-state index in [1.165, 1.54) is 0 Å². The van der Waals surface area contributed by atoms with Gasteiger partial charge in [-0.05, 0) is 12.1 Å². The number of carbonyl (C=O) groups is 1. The van der Waals surface area contributed by atoms with Crippen LogP contribution in [-0.2, 0) is 4.79 Å². The Bertz CT molecular complexity index is 359. The predicted molar refractivity (Wildman–Crippen MR) is 48.3 cm³/mol. The Morgan fingerprint density at radius 2 is 2.46 bits per heavy atom. The second-order valence-electron chi connectivity index (χ2n) is 2.20. The SMILES string of the molecule is N#Cc1cccc(NC(=O)CCl)n1. The van der Waals surface area contributed by atoms with E-state index >= 15 is 0 Å². The van der Waals surface area contributed by atoms with Crippen molar-refractivity contribution in [1.29, 1.82) is 5.26 Å². The fourth-order valence-electron chi connectivity index (χ4n) is 0.743. The van der Waals surface area contributed by atoms with Gasteiger partial charge in [-0.1, -0.05) is 6.07 Å². The van der Waals surface area contributed by atoms with Gasteiger partial charge in [-0.25, -0.2) is 4.98 Å². The maximum atomic E-state index is 10.8.